The molecule has 0 aliphatic carbocycles. The summed E-state index contributed by atoms with van der Waals surface area (Å²) in [4.78, 5) is 16.7. The van der Waals surface area contributed by atoms with Gasteiger partial charge in [-0.3, -0.25) is 4.79 Å². The van der Waals surface area contributed by atoms with Crippen LogP contribution in [-0.4, -0.2) is 46.5 Å². The van der Waals surface area contributed by atoms with Crippen molar-refractivity contribution in [2.24, 2.45) is 0 Å². The molecule has 24 heavy (non-hydrogen) atoms. The molecule has 0 atom stereocenters. The lowest BCUT2D eigenvalue weighted by Gasteiger charge is -2.34. The Morgan fingerprint density at radius 1 is 1.42 bits per heavy atom. The molecule has 8 heteroatoms. The average molecular weight is 333 g/mol. The van der Waals surface area contributed by atoms with Crippen LogP contribution in [0.3, 0.4) is 0 Å². The molecular weight excluding hydrogens is 313 g/mol. The molecule has 1 amide bonds. The molecule has 1 saturated heterocycles. The molecule has 3 rings (SSSR count). The van der Waals surface area contributed by atoms with Crippen molar-refractivity contribution in [1.82, 2.24) is 25.4 Å². The molecular formula is C16H20FN5O2. The molecule has 1 aliphatic heterocycles. The van der Waals surface area contributed by atoms with Crippen molar-refractivity contribution >= 4 is 5.91 Å². The fourth-order valence-corrected chi connectivity index (χ4v) is 2.78. The highest BCUT2D eigenvalue weighted by molar-refractivity contribution is 5.85. The monoisotopic (exact) mass is 333 g/mol. The minimum atomic E-state index is -0.759. The van der Waals surface area contributed by atoms with Crippen molar-refractivity contribution < 1.29 is 13.9 Å². The molecule has 0 bridgehead atoms. The summed E-state index contributed by atoms with van der Waals surface area (Å²) in [7, 11) is 1.57. The average Bonchev–Trinajstić information content (AvgIpc) is 3.07. The van der Waals surface area contributed by atoms with Gasteiger partial charge in [-0.15, -0.1) is 0 Å². The van der Waals surface area contributed by atoms with Gasteiger partial charge < -0.3 is 15.4 Å². The van der Waals surface area contributed by atoms with Gasteiger partial charge in [-0.1, -0.05) is 6.07 Å². The number of carbonyl (C=O) groups excluding carboxylic acids is 1. The minimum Gasteiger partial charge on any atom is -0.368 e. The number of nitrogens with zero attached hydrogens (tertiary/aromatic N) is 3. The molecule has 2 aromatic rings. The van der Waals surface area contributed by atoms with Crippen LogP contribution in [0.5, 0.6) is 0 Å². The first-order valence-electron chi connectivity index (χ1n) is 7.83. The highest BCUT2D eigenvalue weighted by Crippen LogP contribution is 2.22. The van der Waals surface area contributed by atoms with Crippen LogP contribution in [0.1, 0.15) is 18.4 Å². The van der Waals surface area contributed by atoms with E-state index in [1.807, 2.05) is 6.07 Å². The Labute approximate surface area is 139 Å². The number of carbonyl (C=O) groups is 1. The van der Waals surface area contributed by atoms with Crippen molar-refractivity contribution in [3.05, 3.63) is 42.1 Å². The summed E-state index contributed by atoms with van der Waals surface area (Å²) in [5.41, 5.74) is 0.0884. The van der Waals surface area contributed by atoms with E-state index < -0.39 is 11.4 Å². The van der Waals surface area contributed by atoms with E-state index in [0.29, 0.717) is 25.2 Å². The summed E-state index contributed by atoms with van der Waals surface area (Å²) in [6, 6.07) is 3.55. The van der Waals surface area contributed by atoms with E-state index in [1.54, 1.807) is 19.4 Å². The smallest absolute Gasteiger partial charge is 0.252 e. The van der Waals surface area contributed by atoms with Crippen LogP contribution in [0, 0.1) is 5.82 Å². The van der Waals surface area contributed by atoms with Gasteiger partial charge >= 0.3 is 0 Å². The van der Waals surface area contributed by atoms with Crippen molar-refractivity contribution in [2.75, 3.05) is 20.2 Å². The lowest BCUT2D eigenvalue weighted by atomic mass is 9.91. The van der Waals surface area contributed by atoms with Gasteiger partial charge in [0.05, 0.1) is 12.4 Å². The third-order valence-corrected chi connectivity index (χ3v) is 4.26. The van der Waals surface area contributed by atoms with Gasteiger partial charge in [0.25, 0.3) is 5.91 Å². The number of nitrogens with one attached hydrogen (secondary N) is 2. The number of halogens is 1. The molecule has 0 saturated carbocycles. The number of rotatable bonds is 5. The van der Waals surface area contributed by atoms with Crippen LogP contribution >= 0.6 is 0 Å². The molecule has 3 heterocycles. The molecule has 1 aliphatic rings. The summed E-state index contributed by atoms with van der Waals surface area (Å²) in [5, 5.41) is 9.99. The normalized spacial score (nSPS) is 16.8. The van der Waals surface area contributed by atoms with E-state index in [-0.39, 0.29) is 5.91 Å². The van der Waals surface area contributed by atoms with Crippen molar-refractivity contribution in [3.8, 4) is 5.82 Å². The quantitative estimate of drug-likeness (QED) is 0.846. The van der Waals surface area contributed by atoms with Gasteiger partial charge in [0.2, 0.25) is 0 Å². The van der Waals surface area contributed by atoms with Gasteiger partial charge in [0.15, 0.2) is 11.6 Å². The molecule has 2 aromatic heterocycles. The van der Waals surface area contributed by atoms with E-state index in [2.05, 4.69) is 20.7 Å². The molecule has 2 N–H and O–H groups in total. The zero-order valence-electron chi connectivity index (χ0n) is 13.5. The first-order valence-corrected chi connectivity index (χ1v) is 7.83. The molecule has 0 aromatic carbocycles. The number of aromatic nitrogens is 3. The summed E-state index contributed by atoms with van der Waals surface area (Å²) < 4.78 is 19.8. The van der Waals surface area contributed by atoms with Crippen LogP contribution in [0.4, 0.5) is 4.39 Å². The summed E-state index contributed by atoms with van der Waals surface area (Å²) in [6.45, 7) is 1.88. The Balaban J connectivity index is 1.61. The first-order chi connectivity index (χ1) is 11.6. The van der Waals surface area contributed by atoms with Gasteiger partial charge in [0.1, 0.15) is 5.60 Å². The number of hydrogen-bond donors (Lipinski definition) is 2. The number of methoxy groups -OCH3 is 1. The molecule has 0 spiro atoms. The van der Waals surface area contributed by atoms with Gasteiger partial charge in [0, 0.05) is 19.9 Å². The van der Waals surface area contributed by atoms with Gasteiger partial charge in [-0.25, -0.2) is 14.1 Å². The maximum absolute atomic E-state index is 13.0. The minimum absolute atomic E-state index is 0.107. The third kappa shape index (κ3) is 3.44. The zero-order valence-corrected chi connectivity index (χ0v) is 13.5. The number of ether oxygens (including phenoxy) is 1. The largest absolute Gasteiger partial charge is 0.368 e. The fourth-order valence-electron chi connectivity index (χ4n) is 2.78. The van der Waals surface area contributed by atoms with E-state index >= 15 is 0 Å². The number of pyridine rings is 1. The Hall–Kier alpha value is -2.32. The second-order valence-corrected chi connectivity index (χ2v) is 5.76. The van der Waals surface area contributed by atoms with Crippen LogP contribution < -0.4 is 10.6 Å². The summed E-state index contributed by atoms with van der Waals surface area (Å²) >= 11 is 0. The SMILES string of the molecule is COC1(C(=O)NCc2ccc(-n3cc(F)cn3)nc2)CCNCC1. The number of amides is 1. The molecule has 7 nitrogen and oxygen atoms in total. The standard InChI is InChI=1S/C16H20FN5O2/c1-24-16(4-6-18-7-5-16)15(23)20-9-12-2-3-14(19-8-12)22-11-13(17)10-21-22/h2-3,8,10-11,18H,4-7,9H2,1H3,(H,20,23). The highest BCUT2D eigenvalue weighted by atomic mass is 19.1. The lowest BCUT2D eigenvalue weighted by Crippen LogP contribution is -2.53. The van der Waals surface area contributed by atoms with E-state index in [1.165, 1.54) is 10.9 Å². The predicted molar refractivity (Wildman–Crippen MR) is 85.0 cm³/mol. The van der Waals surface area contributed by atoms with Crippen LogP contribution in [-0.2, 0) is 16.1 Å². The third-order valence-electron chi connectivity index (χ3n) is 4.26. The molecule has 1 fully saturated rings. The first kappa shape index (κ1) is 16.5. The van der Waals surface area contributed by atoms with Crippen molar-refractivity contribution in [2.45, 2.75) is 25.0 Å². The van der Waals surface area contributed by atoms with Crippen LogP contribution in [0.15, 0.2) is 30.7 Å². The number of piperidine rings is 1. The second-order valence-electron chi connectivity index (χ2n) is 5.76. The Morgan fingerprint density at radius 2 is 2.21 bits per heavy atom. The van der Waals surface area contributed by atoms with Gasteiger partial charge in [-0.2, -0.15) is 5.10 Å². The summed E-state index contributed by atoms with van der Waals surface area (Å²) in [6.07, 6.45) is 5.31. The molecule has 128 valence electrons. The Morgan fingerprint density at radius 3 is 2.79 bits per heavy atom. The Kier molecular flexibility index (Phi) is 4.86. The Bertz CT molecular complexity index is 695. The predicted octanol–water partition coefficient (Wildman–Crippen LogP) is 0.791. The topological polar surface area (TPSA) is 81.1 Å². The van der Waals surface area contributed by atoms with Crippen LogP contribution in [0.2, 0.25) is 0 Å². The maximum Gasteiger partial charge on any atom is 0.252 e. The lowest BCUT2D eigenvalue weighted by molar-refractivity contribution is -0.146. The number of hydrogen-bond acceptors (Lipinski definition) is 5. The van der Waals surface area contributed by atoms with E-state index in [0.717, 1.165) is 24.8 Å². The highest BCUT2D eigenvalue weighted by Gasteiger charge is 2.39. The van der Waals surface area contributed by atoms with Crippen molar-refractivity contribution in [3.63, 3.8) is 0 Å². The summed E-state index contributed by atoms with van der Waals surface area (Å²) in [5.74, 6) is -0.00890. The van der Waals surface area contributed by atoms with Crippen molar-refractivity contribution in [1.29, 1.82) is 0 Å². The molecule has 0 unspecified atom stereocenters. The maximum atomic E-state index is 13.0. The van der Waals surface area contributed by atoms with E-state index in [9.17, 15) is 9.18 Å². The second kappa shape index (κ2) is 7.06. The zero-order chi connectivity index (χ0) is 17.0. The van der Waals surface area contributed by atoms with E-state index in [4.69, 9.17) is 4.74 Å². The van der Waals surface area contributed by atoms with Crippen LogP contribution in [0.25, 0.3) is 5.82 Å². The molecule has 0 radical (unpaired) electrons. The fraction of sp³-hybridized carbons (Fsp3) is 0.438. The van der Waals surface area contributed by atoms with Gasteiger partial charge in [-0.05, 0) is 37.6 Å².